The highest BCUT2D eigenvalue weighted by Gasteiger charge is 2.16. The molecule has 5 nitrogen and oxygen atoms in total. The number of nitrogens with one attached hydrogen (secondary N) is 1. The molecule has 3 N–H and O–H groups in total. The molecule has 1 aromatic heterocycles. The monoisotopic (exact) mass is 252 g/mol. The Bertz CT molecular complexity index is 355. The summed E-state index contributed by atoms with van der Waals surface area (Å²) >= 11 is 0. The molecule has 0 aromatic carbocycles. The van der Waals surface area contributed by atoms with E-state index in [-0.39, 0.29) is 5.41 Å². The van der Waals surface area contributed by atoms with Crippen molar-refractivity contribution in [2.75, 3.05) is 25.0 Å². The summed E-state index contributed by atoms with van der Waals surface area (Å²) < 4.78 is 5.46. The molecule has 0 aliphatic rings. The second-order valence-corrected chi connectivity index (χ2v) is 5.12. The molecule has 0 bridgehead atoms. The first kappa shape index (κ1) is 14.7. The number of hydrogen-bond donors (Lipinski definition) is 2. The lowest BCUT2D eigenvalue weighted by Crippen LogP contribution is -2.26. The molecule has 102 valence electrons. The minimum Gasteiger partial charge on any atom is -0.478 e. The number of ether oxygens (including phenoxy) is 1. The normalized spacial score (nSPS) is 11.3. The minimum absolute atomic E-state index is 0.137. The third-order valence-corrected chi connectivity index (χ3v) is 2.63. The Morgan fingerprint density at radius 2 is 2.22 bits per heavy atom. The average Bonchev–Trinajstić information content (AvgIpc) is 2.35. The van der Waals surface area contributed by atoms with E-state index in [1.54, 1.807) is 12.3 Å². The second-order valence-electron chi connectivity index (χ2n) is 5.12. The summed E-state index contributed by atoms with van der Waals surface area (Å²) in [5.41, 5.74) is 5.72. The van der Waals surface area contributed by atoms with Gasteiger partial charge in [-0.1, -0.05) is 20.8 Å². The number of rotatable bonds is 8. The first-order valence-corrected chi connectivity index (χ1v) is 6.47. The lowest BCUT2D eigenvalue weighted by Gasteiger charge is -2.24. The molecular weight excluding hydrogens is 228 g/mol. The van der Waals surface area contributed by atoms with Gasteiger partial charge in [0.25, 0.3) is 0 Å². The molecule has 1 rings (SSSR count). The number of nitrogens with zero attached hydrogens (tertiary/aromatic N) is 2. The van der Waals surface area contributed by atoms with Gasteiger partial charge in [-0.15, -0.1) is 0 Å². The Kier molecular flexibility index (Phi) is 5.85. The van der Waals surface area contributed by atoms with Crippen LogP contribution in [0.1, 0.15) is 33.6 Å². The molecule has 0 unspecified atom stereocenters. The Morgan fingerprint density at radius 3 is 2.89 bits per heavy atom. The van der Waals surface area contributed by atoms with Gasteiger partial charge in [0, 0.05) is 18.8 Å². The van der Waals surface area contributed by atoms with Crippen LogP contribution in [-0.4, -0.2) is 29.7 Å². The van der Waals surface area contributed by atoms with Gasteiger partial charge in [0.2, 0.25) is 11.8 Å². The molecule has 0 radical (unpaired) electrons. The van der Waals surface area contributed by atoms with Crippen LogP contribution < -0.4 is 15.8 Å². The number of aromatic nitrogens is 2. The summed E-state index contributed by atoms with van der Waals surface area (Å²) in [5, 5.41) is 3.23. The third-order valence-electron chi connectivity index (χ3n) is 2.63. The summed E-state index contributed by atoms with van der Waals surface area (Å²) in [7, 11) is 0. The van der Waals surface area contributed by atoms with Crippen molar-refractivity contribution in [1.82, 2.24) is 9.97 Å². The predicted molar refractivity (Wildman–Crippen MR) is 73.8 cm³/mol. The van der Waals surface area contributed by atoms with E-state index in [9.17, 15) is 0 Å². The van der Waals surface area contributed by atoms with E-state index in [1.807, 2.05) is 0 Å². The molecule has 0 aliphatic heterocycles. The van der Waals surface area contributed by atoms with Gasteiger partial charge in [0.05, 0.1) is 6.61 Å². The highest BCUT2D eigenvalue weighted by Crippen LogP contribution is 2.19. The fourth-order valence-corrected chi connectivity index (χ4v) is 1.51. The van der Waals surface area contributed by atoms with Crippen LogP contribution in [0.15, 0.2) is 12.3 Å². The zero-order valence-corrected chi connectivity index (χ0v) is 11.6. The van der Waals surface area contributed by atoms with E-state index in [1.165, 1.54) is 0 Å². The van der Waals surface area contributed by atoms with Gasteiger partial charge in [-0.05, 0) is 24.8 Å². The number of hydrogen-bond acceptors (Lipinski definition) is 5. The molecule has 0 aliphatic carbocycles. The van der Waals surface area contributed by atoms with Crippen molar-refractivity contribution in [3.05, 3.63) is 12.3 Å². The minimum atomic E-state index is 0.137. The molecule has 0 atom stereocenters. The van der Waals surface area contributed by atoms with Crippen molar-refractivity contribution in [1.29, 1.82) is 0 Å². The van der Waals surface area contributed by atoms with Crippen molar-refractivity contribution in [2.24, 2.45) is 11.1 Å². The summed E-state index contributed by atoms with van der Waals surface area (Å²) in [6.07, 6.45) is 3.64. The van der Waals surface area contributed by atoms with Gasteiger partial charge in [0.1, 0.15) is 0 Å². The summed E-state index contributed by atoms with van der Waals surface area (Å²) in [6, 6.07) is 1.77. The average molecular weight is 252 g/mol. The molecule has 1 heterocycles. The summed E-state index contributed by atoms with van der Waals surface area (Å²) in [5.74, 6) is 1.22. The van der Waals surface area contributed by atoms with Crippen LogP contribution in [0.5, 0.6) is 5.88 Å². The molecule has 1 aromatic rings. The van der Waals surface area contributed by atoms with Crippen LogP contribution in [0.25, 0.3) is 0 Å². The van der Waals surface area contributed by atoms with Crippen LogP contribution >= 0.6 is 0 Å². The van der Waals surface area contributed by atoms with Crippen molar-refractivity contribution in [2.45, 2.75) is 33.6 Å². The number of anilines is 1. The van der Waals surface area contributed by atoms with E-state index >= 15 is 0 Å². The number of nitrogens with two attached hydrogens (primary N) is 1. The highest BCUT2D eigenvalue weighted by atomic mass is 16.5. The second kappa shape index (κ2) is 7.16. The quantitative estimate of drug-likeness (QED) is 0.741. The Balaban J connectivity index is 2.51. The van der Waals surface area contributed by atoms with Crippen LogP contribution in [-0.2, 0) is 0 Å². The summed E-state index contributed by atoms with van der Waals surface area (Å²) in [4.78, 5) is 8.47. The van der Waals surface area contributed by atoms with Gasteiger partial charge < -0.3 is 15.8 Å². The smallest absolute Gasteiger partial charge is 0.225 e. The molecule has 0 amide bonds. The van der Waals surface area contributed by atoms with Gasteiger partial charge >= 0.3 is 0 Å². The van der Waals surface area contributed by atoms with Crippen LogP contribution in [0, 0.1) is 5.41 Å². The fraction of sp³-hybridized carbons (Fsp3) is 0.692. The maximum absolute atomic E-state index is 5.58. The van der Waals surface area contributed by atoms with Crippen LogP contribution in [0.4, 0.5) is 5.95 Å². The van der Waals surface area contributed by atoms with E-state index in [4.69, 9.17) is 10.5 Å². The zero-order chi connectivity index (χ0) is 13.4. The lowest BCUT2D eigenvalue weighted by molar-refractivity contribution is 0.305. The van der Waals surface area contributed by atoms with E-state index in [2.05, 4.69) is 36.1 Å². The highest BCUT2D eigenvalue weighted by molar-refractivity contribution is 5.27. The van der Waals surface area contributed by atoms with Crippen molar-refractivity contribution >= 4 is 5.95 Å². The van der Waals surface area contributed by atoms with Crippen LogP contribution in [0.2, 0.25) is 0 Å². The molecule has 18 heavy (non-hydrogen) atoms. The predicted octanol–water partition coefficient (Wildman–Crippen LogP) is 2.05. The summed E-state index contributed by atoms with van der Waals surface area (Å²) in [6.45, 7) is 8.57. The van der Waals surface area contributed by atoms with E-state index in [0.29, 0.717) is 25.0 Å². The first-order chi connectivity index (χ1) is 8.57. The topological polar surface area (TPSA) is 73.1 Å². The van der Waals surface area contributed by atoms with Gasteiger partial charge in [-0.2, -0.15) is 4.98 Å². The zero-order valence-electron chi connectivity index (χ0n) is 11.6. The van der Waals surface area contributed by atoms with Crippen molar-refractivity contribution < 1.29 is 4.74 Å². The van der Waals surface area contributed by atoms with E-state index < -0.39 is 0 Å². The SMILES string of the molecule is CCCOc1ccnc(NCC(C)(C)CCN)n1. The molecular formula is C13H24N4O. The largest absolute Gasteiger partial charge is 0.478 e. The van der Waals surface area contributed by atoms with Gasteiger partial charge in [-0.25, -0.2) is 4.98 Å². The van der Waals surface area contributed by atoms with Gasteiger partial charge in [0.15, 0.2) is 0 Å². The van der Waals surface area contributed by atoms with E-state index in [0.717, 1.165) is 19.4 Å². The lowest BCUT2D eigenvalue weighted by atomic mass is 9.89. The Morgan fingerprint density at radius 1 is 1.44 bits per heavy atom. The standard InChI is InChI=1S/C13H24N4O/c1-4-9-18-11-5-8-15-12(17-11)16-10-13(2,3)6-7-14/h5,8H,4,6-7,9-10,14H2,1-3H3,(H,15,16,17). The Hall–Kier alpha value is -1.36. The molecule has 0 saturated carbocycles. The van der Waals surface area contributed by atoms with Crippen molar-refractivity contribution in [3.63, 3.8) is 0 Å². The molecule has 0 fully saturated rings. The fourth-order valence-electron chi connectivity index (χ4n) is 1.51. The third kappa shape index (κ3) is 5.31. The molecule has 0 spiro atoms. The molecule has 5 heteroatoms. The maximum atomic E-state index is 5.58. The van der Waals surface area contributed by atoms with Crippen LogP contribution in [0.3, 0.4) is 0 Å². The maximum Gasteiger partial charge on any atom is 0.225 e. The Labute approximate surface area is 109 Å². The first-order valence-electron chi connectivity index (χ1n) is 6.47. The van der Waals surface area contributed by atoms with Crippen molar-refractivity contribution in [3.8, 4) is 5.88 Å². The molecule has 0 saturated heterocycles. The van der Waals surface area contributed by atoms with Gasteiger partial charge in [-0.3, -0.25) is 0 Å².